The molecule has 1 aromatic carbocycles. The molecule has 0 fully saturated rings. The third-order valence-corrected chi connectivity index (χ3v) is 3.51. The van der Waals surface area contributed by atoms with Gasteiger partial charge in [0, 0.05) is 31.1 Å². The van der Waals surface area contributed by atoms with Gasteiger partial charge in [-0.2, -0.15) is 0 Å². The molecule has 3 N–H and O–H groups in total. The molecular formula is C17H16N4O2. The molecule has 0 saturated carbocycles. The van der Waals surface area contributed by atoms with E-state index in [1.54, 1.807) is 12.4 Å². The first kappa shape index (κ1) is 14.8. The number of aromatic nitrogens is 3. The van der Waals surface area contributed by atoms with E-state index in [-0.39, 0.29) is 17.5 Å². The number of carbonyl (C=O) groups is 1. The van der Waals surface area contributed by atoms with Crippen molar-refractivity contribution in [3.63, 3.8) is 0 Å². The molecule has 1 atom stereocenters. The number of H-pyrrole nitrogens is 2. The second-order valence-corrected chi connectivity index (χ2v) is 5.12. The van der Waals surface area contributed by atoms with Crippen LogP contribution in [0.15, 0.2) is 65.8 Å². The van der Waals surface area contributed by atoms with Crippen LogP contribution < -0.4 is 10.9 Å². The smallest absolute Gasteiger partial charge is 0.253 e. The standard InChI is InChI=1S/C17H16N4O2/c22-16-7-6-13(11-20-16)17(23)21-14(10-15-18-8-9-19-15)12-4-2-1-3-5-12/h1-9,11,14H,10H2,(H,18,19)(H,20,22)(H,21,23)/t14-/m1/s1. The lowest BCUT2D eigenvalue weighted by Gasteiger charge is -2.18. The van der Waals surface area contributed by atoms with Crippen LogP contribution in [-0.2, 0) is 6.42 Å². The fourth-order valence-corrected chi connectivity index (χ4v) is 2.33. The van der Waals surface area contributed by atoms with Crippen LogP contribution in [0.3, 0.4) is 0 Å². The topological polar surface area (TPSA) is 90.6 Å². The van der Waals surface area contributed by atoms with Crippen LogP contribution in [0.5, 0.6) is 0 Å². The SMILES string of the molecule is O=C(N[C@H](Cc1ncc[nH]1)c1ccccc1)c1ccc(=O)[nH]c1. The van der Waals surface area contributed by atoms with Crippen molar-refractivity contribution >= 4 is 5.91 Å². The van der Waals surface area contributed by atoms with Crippen molar-refractivity contribution in [2.45, 2.75) is 12.5 Å². The summed E-state index contributed by atoms with van der Waals surface area (Å²) in [6.07, 6.45) is 5.39. The predicted molar refractivity (Wildman–Crippen MR) is 86.0 cm³/mol. The molecule has 0 aliphatic heterocycles. The van der Waals surface area contributed by atoms with Gasteiger partial charge in [-0.25, -0.2) is 4.98 Å². The van der Waals surface area contributed by atoms with E-state index < -0.39 is 0 Å². The number of rotatable bonds is 5. The molecular weight excluding hydrogens is 292 g/mol. The van der Waals surface area contributed by atoms with Gasteiger partial charge in [0.2, 0.25) is 5.56 Å². The Morgan fingerprint density at radius 3 is 2.61 bits per heavy atom. The number of hydrogen-bond donors (Lipinski definition) is 3. The van der Waals surface area contributed by atoms with Gasteiger partial charge in [-0.15, -0.1) is 0 Å². The zero-order valence-corrected chi connectivity index (χ0v) is 12.3. The minimum absolute atomic E-state index is 0.221. The van der Waals surface area contributed by atoms with Gasteiger partial charge in [-0.1, -0.05) is 30.3 Å². The normalized spacial score (nSPS) is 11.8. The lowest BCUT2D eigenvalue weighted by molar-refractivity contribution is 0.0936. The van der Waals surface area contributed by atoms with Gasteiger partial charge in [0.1, 0.15) is 5.82 Å². The molecule has 0 bridgehead atoms. The number of nitrogens with zero attached hydrogens (tertiary/aromatic N) is 1. The van der Waals surface area contributed by atoms with Crippen LogP contribution in [0.4, 0.5) is 0 Å². The molecule has 3 rings (SSSR count). The molecule has 23 heavy (non-hydrogen) atoms. The summed E-state index contributed by atoms with van der Waals surface area (Å²) in [5.74, 6) is 0.544. The first-order valence-electron chi connectivity index (χ1n) is 7.25. The summed E-state index contributed by atoms with van der Waals surface area (Å²) < 4.78 is 0. The van der Waals surface area contributed by atoms with Crippen LogP contribution >= 0.6 is 0 Å². The molecule has 6 heteroatoms. The molecule has 0 aliphatic carbocycles. The van der Waals surface area contributed by atoms with E-state index in [4.69, 9.17) is 0 Å². The average molecular weight is 308 g/mol. The number of pyridine rings is 1. The predicted octanol–water partition coefficient (Wildman–Crippen LogP) is 1.81. The number of hydrogen-bond acceptors (Lipinski definition) is 3. The largest absolute Gasteiger partial charge is 0.349 e. The van der Waals surface area contributed by atoms with Gasteiger partial charge >= 0.3 is 0 Å². The maximum Gasteiger partial charge on any atom is 0.253 e. The molecule has 0 unspecified atom stereocenters. The van der Waals surface area contributed by atoms with Crippen molar-refractivity contribution in [3.05, 3.63) is 88.4 Å². The van der Waals surface area contributed by atoms with Gasteiger partial charge < -0.3 is 15.3 Å². The van der Waals surface area contributed by atoms with Crippen LogP contribution in [0.2, 0.25) is 0 Å². The van der Waals surface area contributed by atoms with Crippen molar-refractivity contribution < 1.29 is 4.79 Å². The maximum absolute atomic E-state index is 12.4. The van der Waals surface area contributed by atoms with Crippen molar-refractivity contribution in [2.24, 2.45) is 0 Å². The third-order valence-electron chi connectivity index (χ3n) is 3.51. The summed E-state index contributed by atoms with van der Waals surface area (Å²) in [5.41, 5.74) is 1.16. The second kappa shape index (κ2) is 6.74. The Morgan fingerprint density at radius 1 is 1.13 bits per heavy atom. The van der Waals surface area contributed by atoms with E-state index in [1.807, 2.05) is 30.3 Å². The number of aromatic amines is 2. The summed E-state index contributed by atoms with van der Waals surface area (Å²) >= 11 is 0. The van der Waals surface area contributed by atoms with Crippen molar-refractivity contribution in [3.8, 4) is 0 Å². The van der Waals surface area contributed by atoms with Crippen LogP contribution in [-0.4, -0.2) is 20.9 Å². The van der Waals surface area contributed by atoms with E-state index in [2.05, 4.69) is 20.3 Å². The van der Waals surface area contributed by atoms with Gasteiger partial charge in [-0.3, -0.25) is 9.59 Å². The summed E-state index contributed by atoms with van der Waals surface area (Å²) in [7, 11) is 0. The Hall–Kier alpha value is -3.15. The first-order valence-corrected chi connectivity index (χ1v) is 7.25. The molecule has 2 aromatic heterocycles. The molecule has 0 aliphatic rings. The van der Waals surface area contributed by atoms with Crippen molar-refractivity contribution in [1.29, 1.82) is 0 Å². The number of carbonyl (C=O) groups excluding carboxylic acids is 1. The summed E-state index contributed by atoms with van der Waals surface area (Å²) in [6, 6.07) is 12.3. The zero-order valence-electron chi connectivity index (χ0n) is 12.3. The van der Waals surface area contributed by atoms with Crippen LogP contribution in [0, 0.1) is 0 Å². The summed E-state index contributed by atoms with van der Waals surface area (Å²) in [5, 5.41) is 2.99. The molecule has 0 spiro atoms. The Labute approximate surface area is 132 Å². The highest BCUT2D eigenvalue weighted by atomic mass is 16.2. The third kappa shape index (κ3) is 3.74. The first-order chi connectivity index (χ1) is 11.2. The Balaban J connectivity index is 1.82. The monoisotopic (exact) mass is 308 g/mol. The van der Waals surface area contributed by atoms with Gasteiger partial charge in [0.05, 0.1) is 11.6 Å². The van der Waals surface area contributed by atoms with Crippen molar-refractivity contribution in [1.82, 2.24) is 20.3 Å². The van der Waals surface area contributed by atoms with Gasteiger partial charge in [-0.05, 0) is 11.6 Å². The fourth-order valence-electron chi connectivity index (χ4n) is 2.33. The number of imidazole rings is 1. The van der Waals surface area contributed by atoms with E-state index in [1.165, 1.54) is 18.3 Å². The minimum Gasteiger partial charge on any atom is -0.349 e. The molecule has 116 valence electrons. The number of benzene rings is 1. The van der Waals surface area contributed by atoms with E-state index in [0.29, 0.717) is 12.0 Å². The zero-order chi connectivity index (χ0) is 16.1. The summed E-state index contributed by atoms with van der Waals surface area (Å²) in [4.78, 5) is 33.3. The molecule has 0 radical (unpaired) electrons. The number of amides is 1. The van der Waals surface area contributed by atoms with Crippen molar-refractivity contribution in [2.75, 3.05) is 0 Å². The number of nitrogens with one attached hydrogen (secondary N) is 3. The molecule has 3 aromatic rings. The van der Waals surface area contributed by atoms with Crippen LogP contribution in [0.1, 0.15) is 27.8 Å². The Morgan fingerprint density at radius 2 is 1.96 bits per heavy atom. The van der Waals surface area contributed by atoms with Gasteiger partial charge in [0.25, 0.3) is 5.91 Å². The highest BCUT2D eigenvalue weighted by molar-refractivity contribution is 5.94. The van der Waals surface area contributed by atoms with Gasteiger partial charge in [0.15, 0.2) is 0 Å². The minimum atomic E-state index is -0.248. The van der Waals surface area contributed by atoms with E-state index >= 15 is 0 Å². The quantitative estimate of drug-likeness (QED) is 0.671. The average Bonchev–Trinajstić information content (AvgIpc) is 3.09. The molecule has 0 saturated heterocycles. The van der Waals surface area contributed by atoms with Crippen LogP contribution in [0.25, 0.3) is 0 Å². The lowest BCUT2D eigenvalue weighted by Crippen LogP contribution is -2.30. The highest BCUT2D eigenvalue weighted by Gasteiger charge is 2.17. The molecule has 6 nitrogen and oxygen atoms in total. The van der Waals surface area contributed by atoms with E-state index in [0.717, 1.165) is 11.4 Å². The Bertz CT molecular complexity index is 805. The van der Waals surface area contributed by atoms with E-state index in [9.17, 15) is 9.59 Å². The lowest BCUT2D eigenvalue weighted by atomic mass is 10.0. The maximum atomic E-state index is 12.4. The molecule has 1 amide bonds. The second-order valence-electron chi connectivity index (χ2n) is 5.12. The Kier molecular flexibility index (Phi) is 4.33. The fraction of sp³-hybridized carbons (Fsp3) is 0.118. The summed E-state index contributed by atoms with van der Waals surface area (Å²) in [6.45, 7) is 0. The molecule has 2 heterocycles. The highest BCUT2D eigenvalue weighted by Crippen LogP contribution is 2.17.